The summed E-state index contributed by atoms with van der Waals surface area (Å²) in [6.45, 7) is 5.85. The summed E-state index contributed by atoms with van der Waals surface area (Å²) in [4.78, 5) is 16.6. The lowest BCUT2D eigenvalue weighted by Crippen LogP contribution is -2.44. The Morgan fingerprint density at radius 3 is 2.64 bits per heavy atom. The fourth-order valence-corrected chi connectivity index (χ4v) is 3.27. The number of carbonyl (C=O) groups is 1. The Bertz CT molecular complexity index is 548. The molecule has 1 aromatic rings. The lowest BCUT2D eigenvalue weighted by molar-refractivity contribution is -0.125. The second kappa shape index (κ2) is 8.96. The molecule has 1 amide bonds. The number of aromatic nitrogens is 2. The summed E-state index contributed by atoms with van der Waals surface area (Å²) in [6, 6.07) is 4.01. The van der Waals surface area contributed by atoms with E-state index in [1.54, 1.807) is 7.11 Å². The average molecular weight is 349 g/mol. The number of nitrogens with one attached hydrogen (secondary N) is 1. The molecule has 8 heteroatoms. The number of rotatable bonds is 6. The molecule has 0 saturated carbocycles. The van der Waals surface area contributed by atoms with E-state index >= 15 is 0 Å². The summed E-state index contributed by atoms with van der Waals surface area (Å²) in [6.07, 6.45) is 1.89. The van der Waals surface area contributed by atoms with Crippen molar-refractivity contribution in [2.45, 2.75) is 12.8 Å². The van der Waals surface area contributed by atoms with Crippen LogP contribution in [0.4, 0.5) is 11.6 Å². The van der Waals surface area contributed by atoms with Gasteiger partial charge in [0.15, 0.2) is 11.6 Å². The van der Waals surface area contributed by atoms with Gasteiger partial charge in [0.2, 0.25) is 5.91 Å². The Morgan fingerprint density at radius 1 is 1.24 bits per heavy atom. The molecule has 25 heavy (non-hydrogen) atoms. The zero-order valence-corrected chi connectivity index (χ0v) is 14.8. The third kappa shape index (κ3) is 4.79. The quantitative estimate of drug-likeness (QED) is 0.740. The van der Waals surface area contributed by atoms with Gasteiger partial charge in [0.1, 0.15) is 0 Å². The van der Waals surface area contributed by atoms with Crippen LogP contribution in [0, 0.1) is 5.92 Å². The summed E-state index contributed by atoms with van der Waals surface area (Å²) in [5.41, 5.74) is 0. The molecule has 1 unspecified atom stereocenters. The minimum absolute atomic E-state index is 0.00803. The fourth-order valence-electron chi connectivity index (χ4n) is 3.27. The van der Waals surface area contributed by atoms with Crippen molar-refractivity contribution in [1.82, 2.24) is 15.5 Å². The highest BCUT2D eigenvalue weighted by Gasteiger charge is 2.26. The van der Waals surface area contributed by atoms with Gasteiger partial charge < -0.3 is 24.6 Å². The lowest BCUT2D eigenvalue weighted by Gasteiger charge is -2.33. The van der Waals surface area contributed by atoms with E-state index in [4.69, 9.17) is 9.47 Å². The maximum atomic E-state index is 12.3. The molecule has 8 nitrogen and oxygen atoms in total. The van der Waals surface area contributed by atoms with E-state index in [0.717, 1.165) is 57.3 Å². The van der Waals surface area contributed by atoms with E-state index in [9.17, 15) is 4.79 Å². The van der Waals surface area contributed by atoms with Crippen molar-refractivity contribution in [1.29, 1.82) is 0 Å². The van der Waals surface area contributed by atoms with Crippen LogP contribution in [-0.4, -0.2) is 75.8 Å². The van der Waals surface area contributed by atoms with E-state index in [1.807, 2.05) is 12.1 Å². The van der Waals surface area contributed by atoms with Gasteiger partial charge >= 0.3 is 0 Å². The molecule has 1 N–H and O–H groups in total. The topological polar surface area (TPSA) is 79.8 Å². The normalized spacial score (nSPS) is 21.2. The minimum atomic E-state index is -0.00803. The van der Waals surface area contributed by atoms with Crippen LogP contribution >= 0.6 is 0 Å². The molecule has 0 aliphatic carbocycles. The summed E-state index contributed by atoms with van der Waals surface area (Å²) in [7, 11) is 1.63. The summed E-state index contributed by atoms with van der Waals surface area (Å²) < 4.78 is 10.3. The highest BCUT2D eigenvalue weighted by molar-refractivity contribution is 5.79. The van der Waals surface area contributed by atoms with Crippen LogP contribution in [0.3, 0.4) is 0 Å². The van der Waals surface area contributed by atoms with Gasteiger partial charge in [0.25, 0.3) is 0 Å². The number of morpholine rings is 1. The number of ether oxygens (including phenoxy) is 2. The van der Waals surface area contributed by atoms with Gasteiger partial charge in [-0.05, 0) is 25.0 Å². The number of piperidine rings is 1. The predicted octanol–water partition coefficient (Wildman–Crippen LogP) is 0.292. The van der Waals surface area contributed by atoms with E-state index in [2.05, 4.69) is 25.3 Å². The summed E-state index contributed by atoms with van der Waals surface area (Å²) in [5, 5.41) is 11.7. The summed E-state index contributed by atoms with van der Waals surface area (Å²) in [5.74, 6) is 1.82. The highest BCUT2D eigenvalue weighted by atomic mass is 16.5. The van der Waals surface area contributed by atoms with Crippen LogP contribution in [0.1, 0.15) is 12.8 Å². The van der Waals surface area contributed by atoms with Crippen LogP contribution in [0.15, 0.2) is 12.1 Å². The van der Waals surface area contributed by atoms with Gasteiger partial charge in [-0.15, -0.1) is 10.2 Å². The van der Waals surface area contributed by atoms with Gasteiger partial charge in [-0.3, -0.25) is 4.79 Å². The fraction of sp³-hybridized carbons (Fsp3) is 0.706. The molecule has 2 saturated heterocycles. The molecular formula is C17H27N5O3. The van der Waals surface area contributed by atoms with E-state index in [-0.39, 0.29) is 11.8 Å². The third-order valence-corrected chi connectivity index (χ3v) is 4.69. The maximum absolute atomic E-state index is 12.3. The average Bonchev–Trinajstić information content (AvgIpc) is 2.69. The Balaban J connectivity index is 1.56. The number of nitrogens with zero attached hydrogens (tertiary/aromatic N) is 4. The molecule has 2 fully saturated rings. The first-order valence-electron chi connectivity index (χ1n) is 8.96. The molecule has 0 bridgehead atoms. The van der Waals surface area contributed by atoms with Crippen molar-refractivity contribution in [3.8, 4) is 0 Å². The molecule has 2 aliphatic rings. The molecule has 0 spiro atoms. The molecule has 1 atom stereocenters. The molecule has 0 radical (unpaired) electrons. The van der Waals surface area contributed by atoms with Crippen molar-refractivity contribution in [3.05, 3.63) is 12.1 Å². The lowest BCUT2D eigenvalue weighted by atomic mass is 9.97. The van der Waals surface area contributed by atoms with Crippen molar-refractivity contribution in [3.63, 3.8) is 0 Å². The first-order valence-corrected chi connectivity index (χ1v) is 8.96. The van der Waals surface area contributed by atoms with Gasteiger partial charge in [-0.2, -0.15) is 0 Å². The van der Waals surface area contributed by atoms with Crippen LogP contribution < -0.4 is 15.1 Å². The highest BCUT2D eigenvalue weighted by Crippen LogP contribution is 2.22. The van der Waals surface area contributed by atoms with Crippen LogP contribution in [0.25, 0.3) is 0 Å². The standard InChI is InChI=1S/C17H27N5O3/c1-24-10-6-18-17(23)14-3-2-7-22(13-14)16-5-4-15(19-20-16)21-8-11-25-12-9-21/h4-5,14H,2-3,6-13H2,1H3,(H,18,23). The third-order valence-electron chi connectivity index (χ3n) is 4.69. The number of carbonyl (C=O) groups excluding carboxylic acids is 1. The van der Waals surface area contributed by atoms with Crippen molar-refractivity contribution in [2.75, 3.05) is 69.5 Å². The molecule has 2 aliphatic heterocycles. The number of hydrogen-bond donors (Lipinski definition) is 1. The SMILES string of the molecule is COCCNC(=O)C1CCCN(c2ccc(N3CCOCC3)nn2)C1. The van der Waals surface area contributed by atoms with E-state index in [1.165, 1.54) is 0 Å². The Hall–Kier alpha value is -1.93. The van der Waals surface area contributed by atoms with Crippen LogP contribution in [0.2, 0.25) is 0 Å². The van der Waals surface area contributed by atoms with Crippen LogP contribution in [-0.2, 0) is 14.3 Å². The van der Waals surface area contributed by atoms with Crippen molar-refractivity contribution < 1.29 is 14.3 Å². The number of anilines is 2. The number of amides is 1. The number of methoxy groups -OCH3 is 1. The Kier molecular flexibility index (Phi) is 6.41. The Labute approximate surface area is 148 Å². The van der Waals surface area contributed by atoms with Gasteiger partial charge in [0, 0.05) is 39.8 Å². The Morgan fingerprint density at radius 2 is 1.96 bits per heavy atom. The van der Waals surface area contributed by atoms with Gasteiger partial charge in [0.05, 0.1) is 25.7 Å². The monoisotopic (exact) mass is 349 g/mol. The van der Waals surface area contributed by atoms with Gasteiger partial charge in [-0.25, -0.2) is 0 Å². The largest absolute Gasteiger partial charge is 0.383 e. The smallest absolute Gasteiger partial charge is 0.224 e. The second-order valence-corrected chi connectivity index (χ2v) is 6.42. The minimum Gasteiger partial charge on any atom is -0.383 e. The number of hydrogen-bond acceptors (Lipinski definition) is 7. The first kappa shape index (κ1) is 17.9. The zero-order chi connectivity index (χ0) is 17.5. The molecule has 3 heterocycles. The molecule has 138 valence electrons. The molecule has 0 aromatic carbocycles. The molecule has 3 rings (SSSR count). The zero-order valence-electron chi connectivity index (χ0n) is 14.8. The predicted molar refractivity (Wildman–Crippen MR) is 94.9 cm³/mol. The van der Waals surface area contributed by atoms with E-state index in [0.29, 0.717) is 19.7 Å². The maximum Gasteiger partial charge on any atom is 0.224 e. The first-order chi connectivity index (χ1) is 12.3. The van der Waals surface area contributed by atoms with Crippen molar-refractivity contribution >= 4 is 17.5 Å². The van der Waals surface area contributed by atoms with E-state index < -0.39 is 0 Å². The van der Waals surface area contributed by atoms with Crippen LogP contribution in [0.5, 0.6) is 0 Å². The second-order valence-electron chi connectivity index (χ2n) is 6.42. The summed E-state index contributed by atoms with van der Waals surface area (Å²) >= 11 is 0. The molecule has 1 aromatic heterocycles. The van der Waals surface area contributed by atoms with Gasteiger partial charge in [-0.1, -0.05) is 0 Å². The van der Waals surface area contributed by atoms with Crippen molar-refractivity contribution in [2.24, 2.45) is 5.92 Å². The molecular weight excluding hydrogens is 322 g/mol.